The molecule has 4 nitrogen and oxygen atoms in total. The van der Waals surface area contributed by atoms with Crippen molar-refractivity contribution >= 4 is 27.1 Å². The largest absolute Gasteiger partial charge is 0.369 e. The number of nitrogens with two attached hydrogens (primary N) is 1. The Kier molecular flexibility index (Phi) is 4.94. The third kappa shape index (κ3) is 3.87. The number of sulfone groups is 1. The van der Waals surface area contributed by atoms with Gasteiger partial charge in [-0.05, 0) is 31.4 Å². The smallest absolute Gasteiger partial charge is 0.152 e. The number of nitrogens with zero attached hydrogens (tertiary/aromatic N) is 1. The fourth-order valence-electron chi connectivity index (χ4n) is 2.59. The molecule has 1 aromatic carbocycles. The van der Waals surface area contributed by atoms with Crippen LogP contribution in [0, 0.1) is 0 Å². The Morgan fingerprint density at radius 3 is 2.80 bits per heavy atom. The van der Waals surface area contributed by atoms with E-state index in [9.17, 15) is 8.42 Å². The number of hydrogen-bond donors (Lipinski definition) is 1. The van der Waals surface area contributed by atoms with Gasteiger partial charge >= 0.3 is 0 Å². The van der Waals surface area contributed by atoms with Crippen LogP contribution in [-0.4, -0.2) is 39.1 Å². The molecule has 20 heavy (non-hydrogen) atoms. The molecule has 1 atom stereocenters. The lowest BCUT2D eigenvalue weighted by Crippen LogP contribution is -2.29. The van der Waals surface area contributed by atoms with Gasteiger partial charge in [-0.15, -0.1) is 0 Å². The average Bonchev–Trinajstić information content (AvgIpc) is 2.50. The first-order chi connectivity index (χ1) is 9.39. The molecule has 0 aliphatic carbocycles. The maximum Gasteiger partial charge on any atom is 0.152 e. The lowest BCUT2D eigenvalue weighted by molar-refractivity contribution is 0.597. The second-order valence-corrected chi connectivity index (χ2v) is 8.13. The van der Waals surface area contributed by atoms with Gasteiger partial charge in [-0.25, -0.2) is 8.42 Å². The minimum Gasteiger partial charge on any atom is -0.369 e. The van der Waals surface area contributed by atoms with Gasteiger partial charge in [-0.1, -0.05) is 23.7 Å². The minimum absolute atomic E-state index is 0.0444. The van der Waals surface area contributed by atoms with Crippen molar-refractivity contribution in [2.75, 3.05) is 29.5 Å². The Labute approximate surface area is 125 Å². The summed E-state index contributed by atoms with van der Waals surface area (Å²) in [7, 11) is -2.92. The molecule has 6 heteroatoms. The zero-order valence-corrected chi connectivity index (χ0v) is 13.3. The van der Waals surface area contributed by atoms with E-state index >= 15 is 0 Å². The Balaban J connectivity index is 2.31. The first kappa shape index (κ1) is 15.6. The summed E-state index contributed by atoms with van der Waals surface area (Å²) in [4.78, 5) is 2.09. The van der Waals surface area contributed by atoms with E-state index in [-0.39, 0.29) is 17.5 Å². The van der Waals surface area contributed by atoms with Crippen molar-refractivity contribution in [3.05, 3.63) is 28.8 Å². The third-order valence-corrected chi connectivity index (χ3v) is 5.50. The van der Waals surface area contributed by atoms with Crippen molar-refractivity contribution in [2.24, 2.45) is 5.73 Å². The molecule has 1 unspecified atom stereocenters. The van der Waals surface area contributed by atoms with E-state index in [1.807, 2.05) is 25.1 Å². The number of para-hydroxylation sites is 1. The van der Waals surface area contributed by atoms with Crippen LogP contribution in [0.2, 0.25) is 5.02 Å². The number of anilines is 1. The molecule has 2 N–H and O–H groups in total. The van der Waals surface area contributed by atoms with Gasteiger partial charge in [0.1, 0.15) is 0 Å². The molecule has 0 spiro atoms. The molecule has 0 aromatic heterocycles. The number of hydrogen-bond acceptors (Lipinski definition) is 4. The van der Waals surface area contributed by atoms with Gasteiger partial charge in [0.2, 0.25) is 0 Å². The van der Waals surface area contributed by atoms with Crippen LogP contribution in [0.15, 0.2) is 18.2 Å². The highest BCUT2D eigenvalue weighted by Gasteiger charge is 2.22. The Morgan fingerprint density at radius 2 is 2.10 bits per heavy atom. The summed E-state index contributed by atoms with van der Waals surface area (Å²) in [6.45, 7) is 3.17. The van der Waals surface area contributed by atoms with Gasteiger partial charge in [-0.3, -0.25) is 0 Å². The van der Waals surface area contributed by atoms with E-state index in [4.69, 9.17) is 17.3 Å². The van der Waals surface area contributed by atoms with Gasteiger partial charge < -0.3 is 10.6 Å². The van der Waals surface area contributed by atoms with Gasteiger partial charge in [0, 0.05) is 19.1 Å². The van der Waals surface area contributed by atoms with E-state index in [1.54, 1.807) is 0 Å². The maximum atomic E-state index is 11.7. The standard InChI is InChI=1S/C14H21ClN2O2S/c1-11(16)10-12-4-2-5-13(15)14(12)17-6-3-8-20(18,19)9-7-17/h2,4-5,11H,3,6-10,16H2,1H3. The predicted octanol–water partition coefficient (Wildman–Crippen LogP) is 1.85. The highest BCUT2D eigenvalue weighted by Crippen LogP contribution is 2.31. The lowest BCUT2D eigenvalue weighted by atomic mass is 10.0. The second-order valence-electron chi connectivity index (χ2n) is 5.42. The summed E-state index contributed by atoms with van der Waals surface area (Å²) >= 11 is 6.34. The van der Waals surface area contributed by atoms with Gasteiger partial charge in [-0.2, -0.15) is 0 Å². The summed E-state index contributed by atoms with van der Waals surface area (Å²) in [5, 5.41) is 0.669. The molecule has 0 radical (unpaired) electrons. The summed E-state index contributed by atoms with van der Waals surface area (Å²) in [6.07, 6.45) is 1.38. The van der Waals surface area contributed by atoms with E-state index < -0.39 is 9.84 Å². The molecule has 1 aromatic rings. The first-order valence-electron chi connectivity index (χ1n) is 6.87. The predicted molar refractivity (Wildman–Crippen MR) is 84.3 cm³/mol. The van der Waals surface area contributed by atoms with Crippen LogP contribution in [0.4, 0.5) is 5.69 Å². The first-order valence-corrected chi connectivity index (χ1v) is 9.07. The zero-order chi connectivity index (χ0) is 14.8. The van der Waals surface area contributed by atoms with Crippen molar-refractivity contribution < 1.29 is 8.42 Å². The molecule has 1 fully saturated rings. The normalized spacial score (nSPS) is 20.4. The second kappa shape index (κ2) is 6.33. The third-order valence-electron chi connectivity index (χ3n) is 3.48. The van der Waals surface area contributed by atoms with Crippen LogP contribution in [0.25, 0.3) is 0 Å². The fourth-order valence-corrected chi connectivity index (χ4v) is 4.17. The average molecular weight is 317 g/mol. The molecule has 1 heterocycles. The number of benzene rings is 1. The van der Waals surface area contributed by atoms with Crippen LogP contribution >= 0.6 is 11.6 Å². The topological polar surface area (TPSA) is 63.4 Å². The van der Waals surface area contributed by atoms with Crippen molar-refractivity contribution in [2.45, 2.75) is 25.8 Å². The van der Waals surface area contributed by atoms with Crippen molar-refractivity contribution in [3.63, 3.8) is 0 Å². The summed E-state index contributed by atoms with van der Waals surface area (Å²) < 4.78 is 23.4. The number of rotatable bonds is 3. The van der Waals surface area contributed by atoms with Gasteiger partial charge in [0.25, 0.3) is 0 Å². The van der Waals surface area contributed by atoms with E-state index in [0.29, 0.717) is 18.0 Å². The zero-order valence-electron chi connectivity index (χ0n) is 11.7. The van der Waals surface area contributed by atoms with Crippen LogP contribution in [-0.2, 0) is 16.3 Å². The van der Waals surface area contributed by atoms with Crippen LogP contribution in [0.3, 0.4) is 0 Å². The van der Waals surface area contributed by atoms with Crippen LogP contribution in [0.1, 0.15) is 18.9 Å². The van der Waals surface area contributed by atoms with E-state index in [1.165, 1.54) is 0 Å². The van der Waals surface area contributed by atoms with Crippen LogP contribution in [0.5, 0.6) is 0 Å². The van der Waals surface area contributed by atoms with E-state index in [2.05, 4.69) is 4.90 Å². The molecule has 1 saturated heterocycles. The Bertz CT molecular complexity index is 573. The van der Waals surface area contributed by atoms with Crippen LogP contribution < -0.4 is 10.6 Å². The number of halogens is 1. The maximum absolute atomic E-state index is 11.7. The van der Waals surface area contributed by atoms with Crippen molar-refractivity contribution in [1.82, 2.24) is 0 Å². The molecular formula is C14H21ClN2O2S. The van der Waals surface area contributed by atoms with E-state index in [0.717, 1.165) is 24.2 Å². The molecule has 1 aliphatic rings. The molecular weight excluding hydrogens is 296 g/mol. The highest BCUT2D eigenvalue weighted by atomic mass is 35.5. The Hall–Kier alpha value is -0.780. The molecule has 0 amide bonds. The molecule has 1 aliphatic heterocycles. The quantitative estimate of drug-likeness (QED) is 0.924. The summed E-state index contributed by atoms with van der Waals surface area (Å²) in [6, 6.07) is 5.83. The lowest BCUT2D eigenvalue weighted by Gasteiger charge is -2.26. The van der Waals surface area contributed by atoms with Crippen molar-refractivity contribution in [1.29, 1.82) is 0 Å². The molecule has 0 saturated carbocycles. The molecule has 2 rings (SSSR count). The molecule has 0 bridgehead atoms. The molecule has 112 valence electrons. The summed E-state index contributed by atoms with van der Waals surface area (Å²) in [5.74, 6) is 0.451. The fraction of sp³-hybridized carbons (Fsp3) is 0.571. The Morgan fingerprint density at radius 1 is 1.35 bits per heavy atom. The summed E-state index contributed by atoms with van der Waals surface area (Å²) in [5.41, 5.74) is 7.93. The van der Waals surface area contributed by atoms with Crippen molar-refractivity contribution in [3.8, 4) is 0 Å². The minimum atomic E-state index is -2.92. The van der Waals surface area contributed by atoms with Gasteiger partial charge in [0.15, 0.2) is 9.84 Å². The van der Waals surface area contributed by atoms with Gasteiger partial charge in [0.05, 0.1) is 22.2 Å². The monoisotopic (exact) mass is 316 g/mol. The highest BCUT2D eigenvalue weighted by molar-refractivity contribution is 7.91. The SMILES string of the molecule is CC(N)Cc1cccc(Cl)c1N1CCCS(=O)(=O)CC1.